The van der Waals surface area contributed by atoms with Crippen molar-refractivity contribution < 1.29 is 9.36 Å². The summed E-state index contributed by atoms with van der Waals surface area (Å²) < 4.78 is 2.07. The molecule has 0 spiro atoms. The van der Waals surface area contributed by atoms with Crippen molar-refractivity contribution in [3.8, 4) is 0 Å². The van der Waals surface area contributed by atoms with Crippen molar-refractivity contribution in [3.63, 3.8) is 0 Å². The largest absolute Gasteiger partial charge is 0.287 e. The van der Waals surface area contributed by atoms with Gasteiger partial charge in [-0.25, -0.2) is 0 Å². The Bertz CT molecular complexity index is 533. The van der Waals surface area contributed by atoms with Crippen molar-refractivity contribution in [3.05, 3.63) is 66.0 Å². The minimum absolute atomic E-state index is 0.171. The van der Waals surface area contributed by atoms with Gasteiger partial charge >= 0.3 is 0 Å². The molecule has 0 bridgehead atoms. The highest BCUT2D eigenvalue weighted by molar-refractivity contribution is 5.94. The average molecular weight is 210 g/mol. The van der Waals surface area contributed by atoms with Crippen LogP contribution >= 0.6 is 0 Å². The van der Waals surface area contributed by atoms with Gasteiger partial charge in [-0.15, -0.1) is 0 Å². The van der Waals surface area contributed by atoms with Gasteiger partial charge in [0.1, 0.15) is 0 Å². The van der Waals surface area contributed by atoms with E-state index in [1.165, 1.54) is 5.56 Å². The molecule has 0 aliphatic carbocycles. The summed E-state index contributed by atoms with van der Waals surface area (Å²) in [6.07, 6.45) is 2.56. The third-order valence-electron chi connectivity index (χ3n) is 3.07. The molecule has 16 heavy (non-hydrogen) atoms. The fourth-order valence-electron chi connectivity index (χ4n) is 2.30. The van der Waals surface area contributed by atoms with Crippen LogP contribution in [0.4, 0.5) is 0 Å². The van der Waals surface area contributed by atoms with Crippen LogP contribution in [0.15, 0.2) is 54.7 Å². The van der Waals surface area contributed by atoms with Gasteiger partial charge in [-0.2, -0.15) is 4.57 Å². The lowest BCUT2D eigenvalue weighted by molar-refractivity contribution is -0.706. The number of aromatic nitrogens is 1. The first-order chi connectivity index (χ1) is 7.86. The highest BCUT2D eigenvalue weighted by atomic mass is 16.1. The minimum Gasteiger partial charge on any atom is -0.287 e. The van der Waals surface area contributed by atoms with E-state index in [1.807, 2.05) is 42.6 Å². The molecule has 1 aliphatic heterocycles. The van der Waals surface area contributed by atoms with Crippen LogP contribution in [0.3, 0.4) is 0 Å². The van der Waals surface area contributed by atoms with E-state index in [0.29, 0.717) is 6.42 Å². The molecule has 0 saturated heterocycles. The van der Waals surface area contributed by atoms with Crippen molar-refractivity contribution in [1.82, 2.24) is 0 Å². The second-order valence-corrected chi connectivity index (χ2v) is 4.05. The molecule has 0 saturated carbocycles. The van der Waals surface area contributed by atoms with Crippen molar-refractivity contribution in [2.75, 3.05) is 0 Å². The zero-order valence-corrected chi connectivity index (χ0v) is 8.84. The predicted octanol–water partition coefficient (Wildman–Crippen LogP) is 2.15. The Balaban J connectivity index is 2.11. The van der Waals surface area contributed by atoms with Crippen LogP contribution in [0.2, 0.25) is 0 Å². The SMILES string of the molecule is O=C1CC(c2ccccc2)[n+]2ccccc21. The lowest BCUT2D eigenvalue weighted by atomic mass is 10.0. The Kier molecular flexibility index (Phi) is 2.07. The number of benzene rings is 1. The summed E-state index contributed by atoms with van der Waals surface area (Å²) in [5, 5.41) is 0. The molecule has 1 atom stereocenters. The second kappa shape index (κ2) is 3.56. The summed E-state index contributed by atoms with van der Waals surface area (Å²) in [5.74, 6) is 0.231. The summed E-state index contributed by atoms with van der Waals surface area (Å²) in [6.45, 7) is 0. The van der Waals surface area contributed by atoms with Crippen LogP contribution in [-0.2, 0) is 0 Å². The minimum atomic E-state index is 0.171. The summed E-state index contributed by atoms with van der Waals surface area (Å²) in [6, 6.07) is 16.1. The molecule has 0 amide bonds. The Morgan fingerprint density at radius 1 is 1.00 bits per heavy atom. The first-order valence-electron chi connectivity index (χ1n) is 5.44. The summed E-state index contributed by atoms with van der Waals surface area (Å²) in [4.78, 5) is 11.8. The standard InChI is InChI=1S/C14H12NO/c16-14-10-13(11-6-2-1-3-7-11)15-9-5-4-8-12(14)15/h1-9,13H,10H2/q+1. The molecule has 0 N–H and O–H groups in total. The summed E-state index contributed by atoms with van der Waals surface area (Å²) >= 11 is 0. The van der Waals surface area contributed by atoms with Gasteiger partial charge in [0.2, 0.25) is 11.5 Å². The third-order valence-corrected chi connectivity index (χ3v) is 3.07. The number of nitrogens with zero attached hydrogens (tertiary/aromatic N) is 1. The molecule has 0 radical (unpaired) electrons. The monoisotopic (exact) mass is 210 g/mol. The van der Waals surface area contributed by atoms with Gasteiger partial charge in [0.15, 0.2) is 12.2 Å². The quantitative estimate of drug-likeness (QED) is 0.661. The molecular weight excluding hydrogens is 198 g/mol. The zero-order chi connectivity index (χ0) is 11.0. The van der Waals surface area contributed by atoms with Gasteiger partial charge in [-0.1, -0.05) is 30.3 Å². The Morgan fingerprint density at radius 3 is 2.56 bits per heavy atom. The number of carbonyl (C=O) groups is 1. The smallest absolute Gasteiger partial charge is 0.249 e. The molecule has 3 rings (SSSR count). The van der Waals surface area contributed by atoms with E-state index in [0.717, 1.165) is 5.69 Å². The maximum Gasteiger partial charge on any atom is 0.249 e. The molecule has 1 unspecified atom stereocenters. The topological polar surface area (TPSA) is 20.9 Å². The molecule has 2 aromatic rings. The molecule has 1 aromatic heterocycles. The van der Waals surface area contributed by atoms with Gasteiger partial charge in [0.25, 0.3) is 0 Å². The Labute approximate surface area is 94.2 Å². The third kappa shape index (κ3) is 1.34. The van der Waals surface area contributed by atoms with E-state index in [2.05, 4.69) is 16.7 Å². The molecule has 78 valence electrons. The van der Waals surface area contributed by atoms with Crippen molar-refractivity contribution in [2.45, 2.75) is 12.5 Å². The molecule has 1 aromatic carbocycles. The average Bonchev–Trinajstić information content (AvgIpc) is 2.69. The summed E-state index contributed by atoms with van der Waals surface area (Å²) in [5.41, 5.74) is 2.02. The first kappa shape index (κ1) is 9.28. The van der Waals surface area contributed by atoms with Crippen molar-refractivity contribution >= 4 is 5.78 Å². The number of Topliss-reactive ketones (excluding diaryl/α,β-unsaturated/α-hetero) is 1. The van der Waals surface area contributed by atoms with E-state index in [4.69, 9.17) is 0 Å². The van der Waals surface area contributed by atoms with E-state index in [9.17, 15) is 4.79 Å². The van der Waals surface area contributed by atoms with Crippen LogP contribution < -0.4 is 4.57 Å². The van der Waals surface area contributed by atoms with Gasteiger partial charge in [0, 0.05) is 17.7 Å². The van der Waals surface area contributed by atoms with Crippen LogP contribution in [0.1, 0.15) is 28.5 Å². The van der Waals surface area contributed by atoms with E-state index < -0.39 is 0 Å². The van der Waals surface area contributed by atoms with Crippen LogP contribution in [0.5, 0.6) is 0 Å². The number of fused-ring (bicyclic) bond motifs is 1. The van der Waals surface area contributed by atoms with Crippen LogP contribution in [0, 0.1) is 0 Å². The number of pyridine rings is 1. The highest BCUT2D eigenvalue weighted by Crippen LogP contribution is 2.23. The summed E-state index contributed by atoms with van der Waals surface area (Å²) in [7, 11) is 0. The van der Waals surface area contributed by atoms with Crippen LogP contribution in [-0.4, -0.2) is 5.78 Å². The maximum atomic E-state index is 11.8. The number of hydrogen-bond acceptors (Lipinski definition) is 1. The predicted molar refractivity (Wildman–Crippen MR) is 60.2 cm³/mol. The Hall–Kier alpha value is -1.96. The van der Waals surface area contributed by atoms with Crippen molar-refractivity contribution in [2.24, 2.45) is 0 Å². The lowest BCUT2D eigenvalue weighted by Crippen LogP contribution is -2.38. The fraction of sp³-hybridized carbons (Fsp3) is 0.143. The number of carbonyl (C=O) groups excluding carboxylic acids is 1. The molecule has 2 heteroatoms. The molecule has 0 fully saturated rings. The fourth-order valence-corrected chi connectivity index (χ4v) is 2.30. The Morgan fingerprint density at radius 2 is 1.75 bits per heavy atom. The maximum absolute atomic E-state index is 11.8. The molecular formula is C14H12NO+. The van der Waals surface area contributed by atoms with Crippen LogP contribution in [0.25, 0.3) is 0 Å². The molecule has 1 aliphatic rings. The van der Waals surface area contributed by atoms with E-state index in [1.54, 1.807) is 0 Å². The first-order valence-corrected chi connectivity index (χ1v) is 5.44. The normalized spacial score (nSPS) is 18.5. The molecule has 2 nitrogen and oxygen atoms in total. The van der Waals surface area contributed by atoms with E-state index in [-0.39, 0.29) is 11.8 Å². The number of hydrogen-bond donors (Lipinski definition) is 0. The second-order valence-electron chi connectivity index (χ2n) is 4.05. The van der Waals surface area contributed by atoms with E-state index >= 15 is 0 Å². The van der Waals surface area contributed by atoms with Crippen molar-refractivity contribution in [1.29, 1.82) is 0 Å². The lowest BCUT2D eigenvalue weighted by Gasteiger charge is -2.04. The number of rotatable bonds is 1. The molecule has 2 heterocycles. The van der Waals surface area contributed by atoms with Gasteiger partial charge in [0.05, 0.1) is 6.42 Å². The number of ketones is 1. The van der Waals surface area contributed by atoms with Gasteiger partial charge in [-0.05, 0) is 6.07 Å². The zero-order valence-electron chi connectivity index (χ0n) is 8.84. The van der Waals surface area contributed by atoms with Gasteiger partial charge < -0.3 is 0 Å². The highest BCUT2D eigenvalue weighted by Gasteiger charge is 2.37. The van der Waals surface area contributed by atoms with Gasteiger partial charge in [-0.3, -0.25) is 4.79 Å².